The topological polar surface area (TPSA) is 71.2 Å². The molecule has 0 amide bonds. The molecule has 0 aliphatic carbocycles. The first-order chi connectivity index (χ1) is 9.99. The van der Waals surface area contributed by atoms with Crippen LogP contribution in [0.1, 0.15) is 35.5 Å². The largest absolute Gasteiger partial charge is 0.476 e. The molecule has 1 aromatic carbocycles. The Hall–Kier alpha value is -2.37. The van der Waals surface area contributed by atoms with Crippen LogP contribution in [0.2, 0.25) is 0 Å². The predicted molar refractivity (Wildman–Crippen MR) is 81.4 cm³/mol. The molecule has 2 rings (SSSR count). The van der Waals surface area contributed by atoms with E-state index >= 15 is 0 Å². The number of aryl methyl sites for hydroxylation is 1. The lowest BCUT2D eigenvalue weighted by atomic mass is 10.1. The fourth-order valence-corrected chi connectivity index (χ4v) is 2.23. The summed E-state index contributed by atoms with van der Waals surface area (Å²) in [6, 6.07) is 5.81. The number of rotatable bonds is 5. The molecule has 2 aromatic rings. The van der Waals surface area contributed by atoms with Gasteiger partial charge in [-0.3, -0.25) is 0 Å². The molecular weight excluding hydrogens is 268 g/mol. The molecule has 0 unspecified atom stereocenters. The van der Waals surface area contributed by atoms with Crippen LogP contribution < -0.4 is 4.90 Å². The number of carboxylic acids is 1. The van der Waals surface area contributed by atoms with Crippen molar-refractivity contribution >= 4 is 11.8 Å². The van der Waals surface area contributed by atoms with Crippen LogP contribution in [0.5, 0.6) is 0 Å². The first-order valence-corrected chi connectivity index (χ1v) is 7.01. The summed E-state index contributed by atoms with van der Waals surface area (Å²) < 4.78 is 0. The molecule has 6 heteroatoms. The summed E-state index contributed by atoms with van der Waals surface area (Å²) in [5.41, 5.74) is 2.94. The van der Waals surface area contributed by atoms with Crippen molar-refractivity contribution in [1.29, 1.82) is 0 Å². The van der Waals surface area contributed by atoms with E-state index in [2.05, 4.69) is 10.2 Å². The van der Waals surface area contributed by atoms with E-state index in [0.717, 1.165) is 16.8 Å². The molecule has 0 radical (unpaired) electrons. The number of anilines is 1. The summed E-state index contributed by atoms with van der Waals surface area (Å²) in [5.74, 6) is -0.651. The van der Waals surface area contributed by atoms with Crippen molar-refractivity contribution in [2.45, 2.75) is 27.7 Å². The molecule has 0 fully saturated rings. The van der Waals surface area contributed by atoms with E-state index in [1.54, 1.807) is 0 Å². The van der Waals surface area contributed by atoms with Crippen LogP contribution in [0.4, 0.5) is 5.82 Å². The van der Waals surface area contributed by atoms with Gasteiger partial charge in [-0.15, -0.1) is 15.0 Å². The Balaban J connectivity index is 2.59. The number of carboxylic acid groups (broad SMARTS) is 1. The van der Waals surface area contributed by atoms with E-state index in [4.69, 9.17) is 0 Å². The summed E-state index contributed by atoms with van der Waals surface area (Å²) in [6.07, 6.45) is 0. The number of hydrogen-bond donors (Lipinski definition) is 1. The van der Waals surface area contributed by atoms with Gasteiger partial charge in [0.15, 0.2) is 5.82 Å². The Morgan fingerprint density at radius 2 is 1.90 bits per heavy atom. The SMILES string of the molecule is CCN(CC)c1nn(-c2cccc(C)c2C)nc1C(=O)O. The maximum atomic E-state index is 11.4. The van der Waals surface area contributed by atoms with Gasteiger partial charge >= 0.3 is 5.97 Å². The molecule has 0 saturated carbocycles. The van der Waals surface area contributed by atoms with Crippen LogP contribution in [0, 0.1) is 13.8 Å². The lowest BCUT2D eigenvalue weighted by Crippen LogP contribution is -2.24. The molecule has 1 aromatic heterocycles. The zero-order valence-corrected chi connectivity index (χ0v) is 12.8. The normalized spacial score (nSPS) is 10.7. The van der Waals surface area contributed by atoms with Gasteiger partial charge < -0.3 is 10.0 Å². The minimum absolute atomic E-state index is 0.0143. The van der Waals surface area contributed by atoms with Gasteiger partial charge in [0.2, 0.25) is 5.69 Å². The number of hydrogen-bond acceptors (Lipinski definition) is 4. The fraction of sp³-hybridized carbons (Fsp3) is 0.400. The van der Waals surface area contributed by atoms with Crippen molar-refractivity contribution in [2.75, 3.05) is 18.0 Å². The first-order valence-electron chi connectivity index (χ1n) is 7.01. The molecule has 0 aliphatic heterocycles. The van der Waals surface area contributed by atoms with Gasteiger partial charge in [0.05, 0.1) is 5.69 Å². The third-order valence-corrected chi connectivity index (χ3v) is 3.65. The van der Waals surface area contributed by atoms with Crippen LogP contribution in [0.3, 0.4) is 0 Å². The van der Waals surface area contributed by atoms with E-state index in [1.807, 2.05) is 50.8 Å². The van der Waals surface area contributed by atoms with Crippen molar-refractivity contribution in [3.8, 4) is 5.69 Å². The van der Waals surface area contributed by atoms with Gasteiger partial charge in [0.1, 0.15) is 0 Å². The third-order valence-electron chi connectivity index (χ3n) is 3.65. The van der Waals surface area contributed by atoms with Crippen LogP contribution in [-0.2, 0) is 0 Å². The number of aromatic nitrogens is 3. The Morgan fingerprint density at radius 1 is 1.24 bits per heavy atom. The molecule has 1 heterocycles. The monoisotopic (exact) mass is 288 g/mol. The van der Waals surface area contributed by atoms with E-state index in [-0.39, 0.29) is 5.69 Å². The van der Waals surface area contributed by atoms with Gasteiger partial charge in [0.25, 0.3) is 0 Å². The lowest BCUT2D eigenvalue weighted by molar-refractivity contribution is 0.0690. The second kappa shape index (κ2) is 5.95. The molecule has 0 saturated heterocycles. The highest BCUT2D eigenvalue weighted by atomic mass is 16.4. The summed E-state index contributed by atoms with van der Waals surface area (Å²) >= 11 is 0. The van der Waals surface area contributed by atoms with E-state index in [1.165, 1.54) is 4.80 Å². The lowest BCUT2D eigenvalue weighted by Gasteiger charge is -2.17. The molecule has 0 atom stereocenters. The maximum absolute atomic E-state index is 11.4. The first kappa shape index (κ1) is 15.0. The van der Waals surface area contributed by atoms with Gasteiger partial charge in [-0.25, -0.2) is 4.79 Å². The minimum atomic E-state index is -1.06. The molecule has 0 aliphatic rings. The van der Waals surface area contributed by atoms with Crippen LogP contribution in [0.25, 0.3) is 5.69 Å². The number of nitrogens with zero attached hydrogens (tertiary/aromatic N) is 4. The van der Waals surface area contributed by atoms with E-state index < -0.39 is 5.97 Å². The molecule has 1 N–H and O–H groups in total. The summed E-state index contributed by atoms with van der Waals surface area (Å²) in [5, 5.41) is 17.9. The van der Waals surface area contributed by atoms with Gasteiger partial charge in [-0.2, -0.15) is 0 Å². The molecule has 0 spiro atoms. The smallest absolute Gasteiger partial charge is 0.360 e. The molecular formula is C15H20N4O2. The minimum Gasteiger partial charge on any atom is -0.476 e. The molecule has 112 valence electrons. The highest BCUT2D eigenvalue weighted by molar-refractivity contribution is 5.91. The summed E-state index contributed by atoms with van der Waals surface area (Å²) in [7, 11) is 0. The Bertz CT molecular complexity index is 660. The number of benzene rings is 1. The van der Waals surface area contributed by atoms with Gasteiger partial charge in [-0.1, -0.05) is 12.1 Å². The van der Waals surface area contributed by atoms with E-state index in [9.17, 15) is 9.90 Å². The Labute approximate surface area is 124 Å². The molecule has 6 nitrogen and oxygen atoms in total. The van der Waals surface area contributed by atoms with Gasteiger partial charge in [-0.05, 0) is 44.9 Å². The Kier molecular flexibility index (Phi) is 4.26. The van der Waals surface area contributed by atoms with Crippen molar-refractivity contribution in [3.05, 3.63) is 35.0 Å². The van der Waals surface area contributed by atoms with Crippen LogP contribution in [-0.4, -0.2) is 39.2 Å². The highest BCUT2D eigenvalue weighted by Crippen LogP contribution is 2.21. The van der Waals surface area contributed by atoms with Crippen molar-refractivity contribution in [2.24, 2.45) is 0 Å². The fourth-order valence-electron chi connectivity index (χ4n) is 2.23. The van der Waals surface area contributed by atoms with Crippen LogP contribution in [0.15, 0.2) is 18.2 Å². The van der Waals surface area contributed by atoms with Gasteiger partial charge in [0, 0.05) is 13.1 Å². The van der Waals surface area contributed by atoms with Crippen LogP contribution >= 0.6 is 0 Å². The van der Waals surface area contributed by atoms with Crippen molar-refractivity contribution in [3.63, 3.8) is 0 Å². The maximum Gasteiger partial charge on any atom is 0.360 e. The average molecular weight is 288 g/mol. The second-order valence-electron chi connectivity index (χ2n) is 4.86. The van der Waals surface area contributed by atoms with Crippen molar-refractivity contribution < 1.29 is 9.90 Å². The highest BCUT2D eigenvalue weighted by Gasteiger charge is 2.22. The number of aromatic carboxylic acids is 1. The van der Waals surface area contributed by atoms with E-state index in [0.29, 0.717) is 18.9 Å². The zero-order valence-electron chi connectivity index (χ0n) is 12.8. The number of carbonyl (C=O) groups is 1. The Morgan fingerprint density at radius 3 is 2.48 bits per heavy atom. The summed E-state index contributed by atoms with van der Waals surface area (Å²) in [4.78, 5) is 14.7. The quantitative estimate of drug-likeness (QED) is 0.915. The average Bonchev–Trinajstić information content (AvgIpc) is 2.88. The zero-order chi connectivity index (χ0) is 15.6. The predicted octanol–water partition coefficient (Wildman–Crippen LogP) is 2.43. The van der Waals surface area contributed by atoms with Crippen molar-refractivity contribution in [1.82, 2.24) is 15.0 Å². The molecule has 21 heavy (non-hydrogen) atoms. The summed E-state index contributed by atoms with van der Waals surface area (Å²) in [6.45, 7) is 9.28. The standard InChI is InChI=1S/C15H20N4O2/c1-5-18(6-2)14-13(15(20)21)16-19(17-14)12-9-7-8-10(3)11(12)4/h7-9H,5-6H2,1-4H3,(H,20,21). The third kappa shape index (κ3) is 2.74. The second-order valence-corrected chi connectivity index (χ2v) is 4.86. The molecule has 0 bridgehead atoms.